The van der Waals surface area contributed by atoms with Crippen molar-refractivity contribution in [1.82, 2.24) is 4.57 Å². The van der Waals surface area contributed by atoms with Gasteiger partial charge < -0.3 is 4.57 Å². The molecule has 0 saturated heterocycles. The normalized spacial score (nSPS) is 11.8. The van der Waals surface area contributed by atoms with Gasteiger partial charge in [0.1, 0.15) is 0 Å². The topological polar surface area (TPSA) is 4.93 Å². The first-order valence-corrected chi connectivity index (χ1v) is 12.6. The van der Waals surface area contributed by atoms with Crippen LogP contribution >= 0.6 is 27.3 Å². The molecular formula is C30H18BrNS. The molecule has 0 spiro atoms. The lowest BCUT2D eigenvalue weighted by molar-refractivity contribution is 1.19. The molecule has 0 amide bonds. The number of hydrogen-bond acceptors (Lipinski definition) is 1. The monoisotopic (exact) mass is 503 g/mol. The minimum absolute atomic E-state index is 1.10. The summed E-state index contributed by atoms with van der Waals surface area (Å²) < 4.78 is 6.21. The maximum Gasteiger partial charge on any atom is 0.0719 e. The van der Waals surface area contributed by atoms with Crippen molar-refractivity contribution in [3.05, 3.63) is 114 Å². The van der Waals surface area contributed by atoms with Crippen LogP contribution < -0.4 is 0 Å². The van der Waals surface area contributed by atoms with Gasteiger partial charge in [0, 0.05) is 36.4 Å². The van der Waals surface area contributed by atoms with Crippen molar-refractivity contribution < 1.29 is 0 Å². The number of hydrogen-bond donors (Lipinski definition) is 0. The fourth-order valence-electron chi connectivity index (χ4n) is 4.98. The second-order valence-electron chi connectivity index (χ2n) is 8.35. The fraction of sp³-hybridized carbons (Fsp3) is 0. The van der Waals surface area contributed by atoms with Crippen LogP contribution in [0.15, 0.2) is 114 Å². The van der Waals surface area contributed by atoms with E-state index in [-0.39, 0.29) is 0 Å². The molecule has 7 aromatic rings. The van der Waals surface area contributed by atoms with E-state index in [1.807, 2.05) is 11.3 Å². The predicted octanol–water partition coefficient (Wildman–Crippen LogP) is 9.58. The zero-order valence-electron chi connectivity index (χ0n) is 17.6. The lowest BCUT2D eigenvalue weighted by atomic mass is 10.1. The third kappa shape index (κ3) is 2.90. The minimum Gasteiger partial charge on any atom is -0.308 e. The van der Waals surface area contributed by atoms with Crippen molar-refractivity contribution in [3.8, 4) is 16.8 Å². The second-order valence-corrected chi connectivity index (χ2v) is 10.3. The number of benzene rings is 5. The van der Waals surface area contributed by atoms with Gasteiger partial charge in [0.2, 0.25) is 0 Å². The van der Waals surface area contributed by atoms with Crippen LogP contribution in [0.25, 0.3) is 58.8 Å². The van der Waals surface area contributed by atoms with Crippen LogP contribution in [0.3, 0.4) is 0 Å². The predicted molar refractivity (Wildman–Crippen MR) is 147 cm³/mol. The number of fused-ring (bicyclic) bond motifs is 7. The van der Waals surface area contributed by atoms with Gasteiger partial charge in [0.05, 0.1) is 15.7 Å². The van der Waals surface area contributed by atoms with Gasteiger partial charge >= 0.3 is 0 Å². The number of aromatic nitrogens is 1. The summed E-state index contributed by atoms with van der Waals surface area (Å²) >= 11 is 5.58. The van der Waals surface area contributed by atoms with E-state index < -0.39 is 0 Å². The number of halogens is 1. The minimum atomic E-state index is 1.10. The van der Waals surface area contributed by atoms with Crippen molar-refractivity contribution in [2.75, 3.05) is 0 Å². The number of thiophene rings is 1. The number of nitrogens with zero attached hydrogens (tertiary/aromatic N) is 1. The van der Waals surface area contributed by atoms with Crippen LogP contribution in [0.4, 0.5) is 0 Å². The van der Waals surface area contributed by atoms with Crippen LogP contribution in [0.1, 0.15) is 0 Å². The van der Waals surface area contributed by atoms with E-state index >= 15 is 0 Å². The average molecular weight is 504 g/mol. The van der Waals surface area contributed by atoms with Crippen LogP contribution in [0, 0.1) is 0 Å². The standard InChI is InChI=1S/C30H18BrNS/c31-21-13-16-27-26(18-21)24-14-15-25-23-11-4-5-12-28(23)33-30(25)29(24)32(27)22-10-6-9-20(17-22)19-7-2-1-3-8-19/h1-18H. The molecule has 5 aromatic carbocycles. The molecule has 33 heavy (non-hydrogen) atoms. The Morgan fingerprint density at radius 2 is 1.36 bits per heavy atom. The molecule has 3 heteroatoms. The van der Waals surface area contributed by atoms with E-state index in [0.717, 1.165) is 4.47 Å². The fourth-order valence-corrected chi connectivity index (χ4v) is 6.58. The van der Waals surface area contributed by atoms with Gasteiger partial charge in [0.15, 0.2) is 0 Å². The molecule has 1 nitrogen and oxygen atoms in total. The van der Waals surface area contributed by atoms with Crippen molar-refractivity contribution in [2.24, 2.45) is 0 Å². The van der Waals surface area contributed by atoms with Gasteiger partial charge in [-0.05, 0) is 47.5 Å². The Morgan fingerprint density at radius 1 is 0.576 bits per heavy atom. The van der Waals surface area contributed by atoms with Gasteiger partial charge in [-0.1, -0.05) is 88.7 Å². The molecule has 0 radical (unpaired) electrons. The van der Waals surface area contributed by atoms with Gasteiger partial charge in [-0.25, -0.2) is 0 Å². The first kappa shape index (κ1) is 19.1. The van der Waals surface area contributed by atoms with Crippen molar-refractivity contribution in [2.45, 2.75) is 0 Å². The van der Waals surface area contributed by atoms with E-state index in [4.69, 9.17) is 0 Å². The molecule has 0 aliphatic rings. The first-order chi connectivity index (χ1) is 16.3. The van der Waals surface area contributed by atoms with E-state index in [0.29, 0.717) is 0 Å². The maximum atomic E-state index is 3.70. The first-order valence-electron chi connectivity index (χ1n) is 11.0. The summed E-state index contributed by atoms with van der Waals surface area (Å²) in [6.45, 7) is 0. The third-order valence-corrected chi connectivity index (χ3v) is 8.13. The molecule has 2 aromatic heterocycles. The highest BCUT2D eigenvalue weighted by atomic mass is 79.9. The Labute approximate surface area is 203 Å². The third-order valence-electron chi connectivity index (χ3n) is 6.45. The molecule has 0 saturated carbocycles. The molecule has 0 aliphatic heterocycles. The number of rotatable bonds is 2. The molecule has 0 fully saturated rings. The Balaban J connectivity index is 1.64. The molecule has 0 N–H and O–H groups in total. The SMILES string of the molecule is Brc1ccc2c(c1)c1ccc3c4ccccc4sc3c1n2-c1cccc(-c2ccccc2)c1. The van der Waals surface area contributed by atoms with E-state index in [1.165, 1.54) is 58.8 Å². The lowest BCUT2D eigenvalue weighted by Gasteiger charge is -2.11. The smallest absolute Gasteiger partial charge is 0.0719 e. The highest BCUT2D eigenvalue weighted by Crippen LogP contribution is 2.43. The second kappa shape index (κ2) is 7.31. The molecule has 0 atom stereocenters. The summed E-state index contributed by atoms with van der Waals surface area (Å²) in [5.74, 6) is 0. The zero-order chi connectivity index (χ0) is 21.9. The van der Waals surface area contributed by atoms with Gasteiger partial charge in [-0.3, -0.25) is 0 Å². The van der Waals surface area contributed by atoms with Crippen LogP contribution in [0.2, 0.25) is 0 Å². The summed E-state index contributed by atoms with van der Waals surface area (Å²) in [6, 6.07) is 39.4. The molecule has 156 valence electrons. The highest BCUT2D eigenvalue weighted by Gasteiger charge is 2.18. The molecule has 7 rings (SSSR count). The van der Waals surface area contributed by atoms with E-state index in [1.54, 1.807) is 0 Å². The maximum absolute atomic E-state index is 3.70. The molecule has 0 aliphatic carbocycles. The Kier molecular flexibility index (Phi) is 4.23. The lowest BCUT2D eigenvalue weighted by Crippen LogP contribution is -1.94. The van der Waals surface area contributed by atoms with Crippen LogP contribution in [0.5, 0.6) is 0 Å². The van der Waals surface area contributed by atoms with Gasteiger partial charge in [-0.15, -0.1) is 11.3 Å². The average Bonchev–Trinajstić information content (AvgIpc) is 3.40. The quantitative estimate of drug-likeness (QED) is 0.221. The zero-order valence-corrected chi connectivity index (χ0v) is 20.0. The molecule has 0 bridgehead atoms. The molecule has 2 heterocycles. The summed E-state index contributed by atoms with van der Waals surface area (Å²) in [7, 11) is 0. The van der Waals surface area contributed by atoms with Crippen LogP contribution in [-0.4, -0.2) is 4.57 Å². The van der Waals surface area contributed by atoms with Gasteiger partial charge in [0.25, 0.3) is 0 Å². The highest BCUT2D eigenvalue weighted by molar-refractivity contribution is 9.10. The summed E-state index contributed by atoms with van der Waals surface area (Å²) in [5, 5.41) is 5.21. The van der Waals surface area contributed by atoms with Crippen molar-refractivity contribution in [1.29, 1.82) is 0 Å². The van der Waals surface area contributed by atoms with E-state index in [2.05, 4.69) is 130 Å². The largest absolute Gasteiger partial charge is 0.308 e. The Bertz CT molecular complexity index is 1830. The van der Waals surface area contributed by atoms with Crippen molar-refractivity contribution >= 4 is 69.2 Å². The molecule has 0 unspecified atom stereocenters. The summed E-state index contributed by atoms with van der Waals surface area (Å²) in [4.78, 5) is 0. The van der Waals surface area contributed by atoms with Crippen LogP contribution in [-0.2, 0) is 0 Å². The van der Waals surface area contributed by atoms with Crippen molar-refractivity contribution in [3.63, 3.8) is 0 Å². The Hall–Kier alpha value is -3.40. The van der Waals surface area contributed by atoms with Gasteiger partial charge in [-0.2, -0.15) is 0 Å². The summed E-state index contributed by atoms with van der Waals surface area (Å²) in [5.41, 5.74) is 6.15. The Morgan fingerprint density at radius 3 is 2.27 bits per heavy atom. The van der Waals surface area contributed by atoms with E-state index in [9.17, 15) is 0 Å². The molecular weight excluding hydrogens is 486 g/mol. The summed E-state index contributed by atoms with van der Waals surface area (Å²) in [6.07, 6.45) is 0.